The van der Waals surface area contributed by atoms with E-state index in [1.807, 2.05) is 59.7 Å². The number of ketones is 1. The monoisotopic (exact) mass is 659 g/mol. The van der Waals surface area contributed by atoms with Crippen molar-refractivity contribution in [2.24, 2.45) is 11.8 Å². The topological polar surface area (TPSA) is 181 Å². The van der Waals surface area contributed by atoms with E-state index in [1.54, 1.807) is 6.92 Å². The van der Waals surface area contributed by atoms with Gasteiger partial charge in [0.15, 0.2) is 5.78 Å². The number of carbonyl (C=O) groups excluding carboxylic acids is 5. The number of aryl methyl sites for hydroxylation is 1. The van der Waals surface area contributed by atoms with Crippen LogP contribution < -0.4 is 26.0 Å². The summed E-state index contributed by atoms with van der Waals surface area (Å²) >= 11 is 0. The van der Waals surface area contributed by atoms with Gasteiger partial charge in [-0.3, -0.25) is 24.0 Å². The van der Waals surface area contributed by atoms with E-state index in [2.05, 4.69) is 45.5 Å². The van der Waals surface area contributed by atoms with Gasteiger partial charge in [0.25, 0.3) is 0 Å². The van der Waals surface area contributed by atoms with Crippen LogP contribution in [0.2, 0.25) is 0 Å². The number of amides is 4. The standard InChI is InChI=1S/C25H39N5O8.C7H8.C2H6/c1-14(2)7-17(23(34)25(5)13-37-25)28-21(33)12-27-24(35)18(8-15(3)4)29-20(32)11-26-19(31)9-16-10-22(36-6)38-30-16;1-7-5-3-2-4-6-7;1-2/h10,14-15,17-18H,7-9,11-13H2,1-6H3,(H,26,31)(H,27,35)(H,28,33)(H,29,32);2-6H,1H3;1-2H3/t17-,18-,25?;;/m0../s1. The number of carbonyl (C=O) groups is 5. The average Bonchev–Trinajstić information content (AvgIpc) is 3.62. The van der Waals surface area contributed by atoms with Crippen molar-refractivity contribution in [1.82, 2.24) is 26.4 Å². The maximum atomic E-state index is 12.8. The Bertz CT molecular complexity index is 1270. The zero-order valence-electron chi connectivity index (χ0n) is 29.2. The van der Waals surface area contributed by atoms with Crippen molar-refractivity contribution in [1.29, 1.82) is 0 Å². The van der Waals surface area contributed by atoms with Crippen LogP contribution in [0, 0.1) is 18.8 Å². The predicted molar refractivity (Wildman–Crippen MR) is 177 cm³/mol. The van der Waals surface area contributed by atoms with Gasteiger partial charge in [0.1, 0.15) is 11.6 Å². The summed E-state index contributed by atoms with van der Waals surface area (Å²) in [7, 11) is 1.40. The Kier molecular flexibility index (Phi) is 18.0. The average molecular weight is 660 g/mol. The van der Waals surface area contributed by atoms with E-state index in [4.69, 9.17) is 14.0 Å². The first-order valence-corrected chi connectivity index (χ1v) is 16.0. The molecule has 2 aromatic rings. The molecule has 1 aromatic heterocycles. The molecule has 1 aliphatic rings. The first-order chi connectivity index (χ1) is 22.2. The summed E-state index contributed by atoms with van der Waals surface area (Å²) in [5, 5.41) is 13.9. The summed E-state index contributed by atoms with van der Waals surface area (Å²) in [4.78, 5) is 62.5. The highest BCUT2D eigenvalue weighted by Crippen LogP contribution is 2.29. The van der Waals surface area contributed by atoms with Crippen LogP contribution in [0.5, 0.6) is 5.95 Å². The van der Waals surface area contributed by atoms with E-state index in [9.17, 15) is 24.0 Å². The number of benzene rings is 1. The molecular weight excluding hydrogens is 606 g/mol. The summed E-state index contributed by atoms with van der Waals surface area (Å²) in [6.07, 6.45) is 0.645. The number of hydrogen-bond acceptors (Lipinski definition) is 9. The number of nitrogens with zero attached hydrogens (tertiary/aromatic N) is 1. The fourth-order valence-electron chi connectivity index (χ4n) is 4.22. The van der Waals surface area contributed by atoms with E-state index < -0.39 is 41.3 Å². The lowest BCUT2D eigenvalue weighted by Gasteiger charge is -2.22. The molecule has 1 aliphatic heterocycles. The minimum Gasteiger partial charge on any atom is -0.467 e. The highest BCUT2D eigenvalue weighted by atomic mass is 16.6. The van der Waals surface area contributed by atoms with E-state index in [-0.39, 0.29) is 43.1 Å². The lowest BCUT2D eigenvalue weighted by Crippen LogP contribution is -2.53. The van der Waals surface area contributed by atoms with E-state index in [0.717, 1.165) is 0 Å². The molecule has 0 spiro atoms. The quantitative estimate of drug-likeness (QED) is 0.197. The molecule has 4 amide bonds. The molecule has 0 saturated carbocycles. The molecule has 3 atom stereocenters. The van der Waals surface area contributed by atoms with Gasteiger partial charge >= 0.3 is 5.95 Å². The van der Waals surface area contributed by atoms with Gasteiger partial charge in [0.2, 0.25) is 23.6 Å². The highest BCUT2D eigenvalue weighted by molar-refractivity contribution is 5.97. The SMILES string of the molecule is CC.COc1cc(CC(=O)NCC(=O)N[C@@H](CC(C)C)C(=O)NCC(=O)N[C@@H](CC(C)C)C(=O)C2(C)CO2)no1.Cc1ccccc1. The van der Waals surface area contributed by atoms with Gasteiger partial charge in [0.05, 0.1) is 45.0 Å². The van der Waals surface area contributed by atoms with Crippen LogP contribution in [0.25, 0.3) is 0 Å². The molecule has 1 unspecified atom stereocenters. The van der Waals surface area contributed by atoms with Crippen molar-refractivity contribution in [3.63, 3.8) is 0 Å². The van der Waals surface area contributed by atoms with E-state index >= 15 is 0 Å². The van der Waals surface area contributed by atoms with E-state index in [0.29, 0.717) is 25.1 Å². The molecule has 13 nitrogen and oxygen atoms in total. The second kappa shape index (κ2) is 20.8. The number of aromatic nitrogens is 1. The number of ether oxygens (including phenoxy) is 2. The van der Waals surface area contributed by atoms with Crippen molar-refractivity contribution in [2.45, 2.75) is 92.3 Å². The minimum atomic E-state index is -0.918. The van der Waals surface area contributed by atoms with Gasteiger partial charge in [-0.2, -0.15) is 0 Å². The van der Waals surface area contributed by atoms with Crippen LogP contribution in [-0.4, -0.2) is 79.1 Å². The maximum absolute atomic E-state index is 12.8. The largest absolute Gasteiger partial charge is 0.467 e. The number of nitrogens with one attached hydrogen (secondary N) is 4. The number of hydrogen-bond donors (Lipinski definition) is 4. The van der Waals surface area contributed by atoms with Gasteiger partial charge in [-0.25, -0.2) is 0 Å². The Balaban J connectivity index is 0.00000106. The number of methoxy groups -OCH3 is 1. The molecule has 2 heterocycles. The Morgan fingerprint density at radius 2 is 1.40 bits per heavy atom. The summed E-state index contributed by atoms with van der Waals surface area (Å²) in [6, 6.07) is 10.1. The van der Waals surface area contributed by atoms with Crippen LogP contribution in [0.1, 0.15) is 72.6 Å². The molecule has 0 radical (unpaired) electrons. The molecule has 1 saturated heterocycles. The third kappa shape index (κ3) is 16.2. The van der Waals surface area contributed by atoms with Crippen molar-refractivity contribution in [3.05, 3.63) is 47.7 Å². The van der Waals surface area contributed by atoms with Crippen LogP contribution in [0.4, 0.5) is 0 Å². The Labute approximate surface area is 278 Å². The molecule has 262 valence electrons. The van der Waals surface area contributed by atoms with Gasteiger partial charge in [-0.05, 0) is 38.5 Å². The zero-order chi connectivity index (χ0) is 35.6. The molecule has 0 bridgehead atoms. The lowest BCUT2D eigenvalue weighted by molar-refractivity contribution is -0.132. The summed E-state index contributed by atoms with van der Waals surface area (Å²) in [5.74, 6) is -1.92. The molecule has 13 heteroatoms. The highest BCUT2D eigenvalue weighted by Gasteiger charge is 2.50. The predicted octanol–water partition coefficient (Wildman–Crippen LogP) is 2.90. The lowest BCUT2D eigenvalue weighted by atomic mass is 9.93. The van der Waals surface area contributed by atoms with E-state index in [1.165, 1.54) is 18.7 Å². The van der Waals surface area contributed by atoms with Crippen molar-refractivity contribution in [2.75, 3.05) is 26.8 Å². The van der Waals surface area contributed by atoms with Gasteiger partial charge in [-0.1, -0.05) is 82.6 Å². The second-order valence-electron chi connectivity index (χ2n) is 12.1. The first-order valence-electron chi connectivity index (χ1n) is 16.0. The summed E-state index contributed by atoms with van der Waals surface area (Å²) in [5.41, 5.74) is 0.786. The molecular formula is C34H53N5O8. The third-order valence-electron chi connectivity index (χ3n) is 6.71. The van der Waals surface area contributed by atoms with Gasteiger partial charge < -0.3 is 35.3 Å². The second-order valence-corrected chi connectivity index (χ2v) is 12.1. The van der Waals surface area contributed by atoms with Crippen LogP contribution >= 0.6 is 0 Å². The van der Waals surface area contributed by atoms with Gasteiger partial charge in [0, 0.05) is 6.07 Å². The fourth-order valence-corrected chi connectivity index (χ4v) is 4.22. The van der Waals surface area contributed by atoms with Crippen molar-refractivity contribution in [3.8, 4) is 5.95 Å². The molecule has 1 fully saturated rings. The molecule has 0 aliphatic carbocycles. The Hall–Kier alpha value is -4.26. The third-order valence-corrected chi connectivity index (χ3v) is 6.71. The molecule has 4 N–H and O–H groups in total. The van der Waals surface area contributed by atoms with Crippen molar-refractivity contribution < 1.29 is 38.0 Å². The van der Waals surface area contributed by atoms with Crippen LogP contribution in [0.3, 0.4) is 0 Å². The Morgan fingerprint density at radius 3 is 1.87 bits per heavy atom. The van der Waals surface area contributed by atoms with Crippen LogP contribution in [-0.2, 0) is 35.1 Å². The molecule has 47 heavy (non-hydrogen) atoms. The minimum absolute atomic E-state index is 0.0592. The molecule has 1 aromatic carbocycles. The number of epoxide rings is 1. The first kappa shape index (κ1) is 40.8. The maximum Gasteiger partial charge on any atom is 0.311 e. The Morgan fingerprint density at radius 1 is 0.872 bits per heavy atom. The van der Waals surface area contributed by atoms with Gasteiger partial charge in [-0.15, -0.1) is 0 Å². The number of rotatable bonds is 16. The number of Topliss-reactive ketones (excluding diaryl/α,β-unsaturated/α-hetero) is 1. The summed E-state index contributed by atoms with van der Waals surface area (Å²) < 4.78 is 14.9. The van der Waals surface area contributed by atoms with Crippen molar-refractivity contribution >= 4 is 29.4 Å². The molecule has 3 rings (SSSR count). The van der Waals surface area contributed by atoms with Crippen LogP contribution in [0.15, 0.2) is 40.9 Å². The smallest absolute Gasteiger partial charge is 0.311 e. The fraction of sp³-hybridized carbons (Fsp3) is 0.588. The zero-order valence-corrected chi connectivity index (χ0v) is 29.2. The summed E-state index contributed by atoms with van der Waals surface area (Å²) in [6.45, 7) is 15.0. The normalized spacial score (nSPS) is 15.9.